The quantitative estimate of drug-likeness (QED) is 0.446. The Morgan fingerprint density at radius 2 is 2.18 bits per heavy atom. The molecule has 1 N–H and O–H groups in total. The minimum atomic E-state index is -1.05. The van der Waals surface area contributed by atoms with Crippen molar-refractivity contribution in [3.8, 4) is 0 Å². The minimum absolute atomic E-state index is 0.113. The van der Waals surface area contributed by atoms with E-state index in [9.17, 15) is 4.79 Å². The van der Waals surface area contributed by atoms with Crippen LogP contribution in [0.15, 0.2) is 35.4 Å². The van der Waals surface area contributed by atoms with E-state index in [-0.39, 0.29) is 19.6 Å². The predicted molar refractivity (Wildman–Crippen MR) is 61.3 cm³/mol. The van der Waals surface area contributed by atoms with Gasteiger partial charge >= 0.3 is 5.97 Å². The van der Waals surface area contributed by atoms with Crippen molar-refractivity contribution in [3.63, 3.8) is 0 Å². The predicted octanol–water partition coefficient (Wildman–Crippen LogP) is 2.36. The summed E-state index contributed by atoms with van der Waals surface area (Å²) in [5.74, 6) is -1.05. The summed E-state index contributed by atoms with van der Waals surface area (Å²) < 4.78 is 5.25. The molecule has 0 spiro atoms. The van der Waals surface area contributed by atoms with Crippen LogP contribution in [0, 0.1) is 0 Å². The Balaban J connectivity index is 2.44. The van der Waals surface area contributed by atoms with Crippen molar-refractivity contribution < 1.29 is 14.6 Å². The normalized spacial score (nSPS) is 11.5. The number of aliphatic carboxylic acids is 1. The lowest BCUT2D eigenvalue weighted by molar-refractivity contribution is -0.151. The topological polar surface area (TPSA) is 95.3 Å². The number of rotatable bonds is 7. The van der Waals surface area contributed by atoms with Gasteiger partial charge in [-0.05, 0) is 17.5 Å². The summed E-state index contributed by atoms with van der Waals surface area (Å²) in [6.45, 7) is 0.344. The number of benzene rings is 1. The van der Waals surface area contributed by atoms with Crippen LogP contribution in [0.25, 0.3) is 10.4 Å². The van der Waals surface area contributed by atoms with Crippen LogP contribution in [-0.4, -0.2) is 23.7 Å². The molecule has 0 aromatic heterocycles. The maximum absolute atomic E-state index is 10.9. The van der Waals surface area contributed by atoms with Crippen LogP contribution in [0.4, 0.5) is 0 Å². The first kappa shape index (κ1) is 13.0. The molecular weight excluding hydrogens is 222 g/mol. The monoisotopic (exact) mass is 235 g/mol. The van der Waals surface area contributed by atoms with Crippen molar-refractivity contribution >= 4 is 5.97 Å². The number of azide groups is 1. The van der Waals surface area contributed by atoms with Crippen LogP contribution in [0.2, 0.25) is 0 Å². The summed E-state index contributed by atoms with van der Waals surface area (Å²) in [7, 11) is 0. The first-order valence-electron chi connectivity index (χ1n) is 5.13. The zero-order valence-electron chi connectivity index (χ0n) is 9.19. The second-order valence-electron chi connectivity index (χ2n) is 3.37. The van der Waals surface area contributed by atoms with Crippen molar-refractivity contribution in [2.75, 3.05) is 6.54 Å². The smallest absolute Gasteiger partial charge is 0.332 e. The summed E-state index contributed by atoms with van der Waals surface area (Å²) >= 11 is 0. The van der Waals surface area contributed by atoms with Gasteiger partial charge in [0, 0.05) is 11.5 Å². The van der Waals surface area contributed by atoms with Gasteiger partial charge in [0.15, 0.2) is 6.10 Å². The number of hydrogen-bond acceptors (Lipinski definition) is 3. The Kier molecular flexibility index (Phi) is 5.57. The molecule has 0 saturated carbocycles. The SMILES string of the molecule is [N-]=[N+]=NCC[C@H](OCc1ccccc1)C(=O)O. The Labute approximate surface area is 98.5 Å². The molecule has 0 aliphatic heterocycles. The summed E-state index contributed by atoms with van der Waals surface area (Å²) in [6, 6.07) is 9.29. The number of hydrogen-bond donors (Lipinski definition) is 1. The number of carbonyl (C=O) groups is 1. The molecule has 17 heavy (non-hydrogen) atoms. The zero-order valence-corrected chi connectivity index (χ0v) is 9.19. The zero-order chi connectivity index (χ0) is 12.5. The summed E-state index contributed by atoms with van der Waals surface area (Å²) in [5, 5.41) is 12.2. The van der Waals surface area contributed by atoms with E-state index in [1.807, 2.05) is 30.3 Å². The Hall–Kier alpha value is -2.04. The third-order valence-electron chi connectivity index (χ3n) is 2.12. The van der Waals surface area contributed by atoms with Gasteiger partial charge in [0.25, 0.3) is 0 Å². The number of carboxylic acid groups (broad SMARTS) is 1. The molecule has 1 aromatic carbocycles. The van der Waals surface area contributed by atoms with Gasteiger partial charge in [0.1, 0.15) is 0 Å². The molecule has 0 fully saturated rings. The van der Waals surface area contributed by atoms with E-state index < -0.39 is 12.1 Å². The third kappa shape index (κ3) is 5.01. The molecule has 0 amide bonds. The van der Waals surface area contributed by atoms with Gasteiger partial charge in [-0.25, -0.2) is 4.79 Å². The van der Waals surface area contributed by atoms with E-state index >= 15 is 0 Å². The Bertz CT molecular complexity index is 402. The molecule has 0 radical (unpaired) electrons. The van der Waals surface area contributed by atoms with E-state index in [0.717, 1.165) is 5.56 Å². The molecule has 0 aliphatic rings. The molecule has 0 aliphatic carbocycles. The first-order valence-corrected chi connectivity index (χ1v) is 5.13. The maximum atomic E-state index is 10.9. The van der Waals surface area contributed by atoms with Gasteiger partial charge in [-0.15, -0.1) is 0 Å². The van der Waals surface area contributed by atoms with E-state index in [2.05, 4.69) is 10.0 Å². The van der Waals surface area contributed by atoms with Gasteiger partial charge in [0.05, 0.1) is 6.61 Å². The molecule has 0 unspecified atom stereocenters. The highest BCUT2D eigenvalue weighted by atomic mass is 16.5. The van der Waals surface area contributed by atoms with Gasteiger partial charge in [-0.2, -0.15) is 0 Å². The molecule has 6 nitrogen and oxygen atoms in total. The fourth-order valence-corrected chi connectivity index (χ4v) is 1.27. The van der Waals surface area contributed by atoms with Crippen LogP contribution in [0.3, 0.4) is 0 Å². The lowest BCUT2D eigenvalue weighted by Crippen LogP contribution is -2.24. The van der Waals surface area contributed by atoms with Crippen molar-refractivity contribution in [3.05, 3.63) is 46.3 Å². The second kappa shape index (κ2) is 7.27. The fourth-order valence-electron chi connectivity index (χ4n) is 1.27. The molecule has 1 aromatic rings. The summed E-state index contributed by atoms with van der Waals surface area (Å²) in [4.78, 5) is 13.4. The van der Waals surface area contributed by atoms with E-state index in [4.69, 9.17) is 15.4 Å². The molecule has 6 heteroatoms. The molecule has 0 bridgehead atoms. The van der Waals surface area contributed by atoms with E-state index in [0.29, 0.717) is 0 Å². The maximum Gasteiger partial charge on any atom is 0.332 e. The van der Waals surface area contributed by atoms with Crippen molar-refractivity contribution in [1.29, 1.82) is 0 Å². The second-order valence-corrected chi connectivity index (χ2v) is 3.37. The molecule has 1 atom stereocenters. The van der Waals surface area contributed by atoms with E-state index in [1.165, 1.54) is 0 Å². The van der Waals surface area contributed by atoms with Crippen LogP contribution in [-0.2, 0) is 16.1 Å². The molecule has 90 valence electrons. The van der Waals surface area contributed by atoms with Crippen LogP contribution in [0.1, 0.15) is 12.0 Å². The van der Waals surface area contributed by atoms with E-state index in [1.54, 1.807) is 0 Å². The summed E-state index contributed by atoms with van der Waals surface area (Å²) in [6.07, 6.45) is -0.771. The molecule has 0 heterocycles. The van der Waals surface area contributed by atoms with Crippen LogP contribution < -0.4 is 0 Å². The Morgan fingerprint density at radius 3 is 2.76 bits per heavy atom. The standard InChI is InChI=1S/C11H13N3O3/c12-14-13-7-6-10(11(15)16)17-8-9-4-2-1-3-5-9/h1-5,10H,6-8H2,(H,15,16)/t10-/m0/s1. The fraction of sp³-hybridized carbons (Fsp3) is 0.364. The van der Waals surface area contributed by atoms with Gasteiger partial charge in [-0.1, -0.05) is 35.4 Å². The average molecular weight is 235 g/mol. The van der Waals surface area contributed by atoms with Crippen molar-refractivity contribution in [2.24, 2.45) is 5.11 Å². The first-order chi connectivity index (χ1) is 8.24. The highest BCUT2D eigenvalue weighted by molar-refractivity contribution is 5.72. The molecular formula is C11H13N3O3. The lowest BCUT2D eigenvalue weighted by atomic mass is 10.2. The molecule has 0 saturated heterocycles. The Morgan fingerprint density at radius 1 is 1.47 bits per heavy atom. The third-order valence-corrected chi connectivity index (χ3v) is 2.12. The van der Waals surface area contributed by atoms with Crippen LogP contribution in [0.5, 0.6) is 0 Å². The van der Waals surface area contributed by atoms with Crippen molar-refractivity contribution in [2.45, 2.75) is 19.1 Å². The van der Waals surface area contributed by atoms with Crippen molar-refractivity contribution in [1.82, 2.24) is 0 Å². The average Bonchev–Trinajstić information content (AvgIpc) is 2.34. The lowest BCUT2D eigenvalue weighted by Gasteiger charge is -2.12. The summed E-state index contributed by atoms with van der Waals surface area (Å²) in [5.41, 5.74) is 9.00. The van der Waals surface area contributed by atoms with Gasteiger partial charge < -0.3 is 9.84 Å². The number of ether oxygens (including phenoxy) is 1. The number of carboxylic acids is 1. The largest absolute Gasteiger partial charge is 0.479 e. The minimum Gasteiger partial charge on any atom is -0.479 e. The van der Waals surface area contributed by atoms with Gasteiger partial charge in [-0.3, -0.25) is 0 Å². The van der Waals surface area contributed by atoms with Gasteiger partial charge in [0.2, 0.25) is 0 Å². The molecule has 1 rings (SSSR count). The highest BCUT2D eigenvalue weighted by Gasteiger charge is 2.17. The number of nitrogens with zero attached hydrogens (tertiary/aromatic N) is 3. The van der Waals surface area contributed by atoms with Crippen LogP contribution >= 0.6 is 0 Å². The highest BCUT2D eigenvalue weighted by Crippen LogP contribution is 2.06.